The minimum Gasteiger partial charge on any atom is -0.280 e. The molecule has 2 N–H and O–H groups in total. The number of unbranched alkanes of at least 4 members (excludes halogenated alkanes) is 2. The van der Waals surface area contributed by atoms with Crippen LogP contribution in [0.25, 0.3) is 0 Å². The molecule has 1 rings (SSSR count). The van der Waals surface area contributed by atoms with Gasteiger partial charge in [0.15, 0.2) is 0 Å². The summed E-state index contributed by atoms with van der Waals surface area (Å²) in [5, 5.41) is 1.42. The lowest BCUT2D eigenvalue weighted by Crippen LogP contribution is -2.48. The highest BCUT2D eigenvalue weighted by molar-refractivity contribution is 8.77. The molecule has 1 aliphatic rings. The first-order chi connectivity index (χ1) is 7.10. The Balaban J connectivity index is 2.38. The second-order valence-corrected chi connectivity index (χ2v) is 6.75. The molecule has 0 aromatic carbocycles. The van der Waals surface area contributed by atoms with E-state index in [-0.39, 0.29) is 11.3 Å². The van der Waals surface area contributed by atoms with Crippen LogP contribution < -0.4 is 5.84 Å². The van der Waals surface area contributed by atoms with Gasteiger partial charge in [-0.05, 0) is 13.3 Å². The average Bonchev–Trinajstić information content (AvgIpc) is 2.65. The van der Waals surface area contributed by atoms with Crippen molar-refractivity contribution in [2.75, 3.05) is 18.1 Å². The van der Waals surface area contributed by atoms with Crippen LogP contribution in [-0.2, 0) is 4.79 Å². The quantitative estimate of drug-likeness (QED) is 0.267. The summed E-state index contributed by atoms with van der Waals surface area (Å²) in [6, 6.07) is 0. The van der Waals surface area contributed by atoms with E-state index in [1.807, 2.05) is 6.92 Å². The summed E-state index contributed by atoms with van der Waals surface area (Å²) in [5.74, 6) is 7.67. The van der Waals surface area contributed by atoms with E-state index in [0.29, 0.717) is 6.54 Å². The fraction of sp³-hybridized carbons (Fsp3) is 0.900. The predicted molar refractivity (Wildman–Crippen MR) is 68.4 cm³/mol. The molecule has 0 bridgehead atoms. The van der Waals surface area contributed by atoms with E-state index in [4.69, 9.17) is 5.84 Å². The molecule has 0 spiro atoms. The summed E-state index contributed by atoms with van der Waals surface area (Å²) in [7, 11) is 3.54. The Morgan fingerprint density at radius 2 is 2.00 bits per heavy atom. The highest BCUT2D eigenvalue weighted by Gasteiger charge is 2.39. The van der Waals surface area contributed by atoms with Crippen molar-refractivity contribution >= 4 is 27.5 Å². The smallest absolute Gasteiger partial charge is 0.244 e. The zero-order valence-electron chi connectivity index (χ0n) is 9.49. The lowest BCUT2D eigenvalue weighted by atomic mass is 9.94. The maximum absolute atomic E-state index is 12.0. The number of hydrogen-bond donors (Lipinski definition) is 1. The van der Waals surface area contributed by atoms with Crippen molar-refractivity contribution in [1.82, 2.24) is 5.01 Å². The minimum absolute atomic E-state index is 0.108. The Morgan fingerprint density at radius 3 is 2.53 bits per heavy atom. The van der Waals surface area contributed by atoms with Crippen molar-refractivity contribution in [3.05, 3.63) is 0 Å². The third-order valence-electron chi connectivity index (χ3n) is 2.62. The first-order valence-corrected chi connectivity index (χ1v) is 7.90. The van der Waals surface area contributed by atoms with Gasteiger partial charge in [0.2, 0.25) is 5.91 Å². The molecule has 0 atom stereocenters. The van der Waals surface area contributed by atoms with Crippen LogP contribution in [0.2, 0.25) is 0 Å². The molecule has 0 radical (unpaired) electrons. The zero-order valence-corrected chi connectivity index (χ0v) is 11.1. The highest BCUT2D eigenvalue weighted by atomic mass is 33.1. The standard InChI is InChI=1S/C10H20N2OS2/c1-3-4-5-6-12(11)9(13)10(2)7-14-15-8-10/h3-8,11H2,1-2H3. The Hall–Kier alpha value is 0.130. The molecule has 0 unspecified atom stereocenters. The SMILES string of the molecule is CCCCCN(N)C(=O)C1(C)CSSC1. The Labute approximate surface area is 99.9 Å². The molecule has 1 amide bonds. The summed E-state index contributed by atoms with van der Waals surface area (Å²) in [5.41, 5.74) is -0.240. The largest absolute Gasteiger partial charge is 0.280 e. The lowest BCUT2D eigenvalue weighted by molar-refractivity contribution is -0.139. The van der Waals surface area contributed by atoms with Gasteiger partial charge in [0.05, 0.1) is 5.41 Å². The summed E-state index contributed by atoms with van der Waals surface area (Å²) in [6.45, 7) is 4.86. The first-order valence-electron chi connectivity index (χ1n) is 5.41. The van der Waals surface area contributed by atoms with E-state index in [1.165, 1.54) is 5.01 Å². The Bertz CT molecular complexity index is 217. The number of rotatable bonds is 5. The predicted octanol–water partition coefficient (Wildman–Crippen LogP) is 2.28. The third kappa shape index (κ3) is 3.57. The molecular weight excluding hydrogens is 228 g/mol. The molecule has 0 aliphatic carbocycles. The molecule has 1 saturated heterocycles. The van der Waals surface area contributed by atoms with Crippen LogP contribution in [0.1, 0.15) is 33.1 Å². The van der Waals surface area contributed by atoms with Gasteiger partial charge < -0.3 is 0 Å². The van der Waals surface area contributed by atoms with Gasteiger partial charge in [-0.3, -0.25) is 9.80 Å². The van der Waals surface area contributed by atoms with Crippen molar-refractivity contribution in [1.29, 1.82) is 0 Å². The summed E-state index contributed by atoms with van der Waals surface area (Å²) >= 11 is 0. The van der Waals surface area contributed by atoms with Crippen LogP contribution in [0.3, 0.4) is 0 Å². The van der Waals surface area contributed by atoms with E-state index in [1.54, 1.807) is 21.6 Å². The fourth-order valence-electron chi connectivity index (χ4n) is 1.49. The Morgan fingerprint density at radius 1 is 1.40 bits per heavy atom. The maximum atomic E-state index is 12.0. The second kappa shape index (κ2) is 6.01. The molecule has 0 aromatic heterocycles. The molecular formula is C10H20N2OS2. The monoisotopic (exact) mass is 248 g/mol. The van der Waals surface area contributed by atoms with Crippen molar-refractivity contribution in [3.63, 3.8) is 0 Å². The molecule has 0 saturated carbocycles. The molecule has 0 aromatic rings. The third-order valence-corrected chi connectivity index (χ3v) is 5.50. The molecule has 15 heavy (non-hydrogen) atoms. The summed E-state index contributed by atoms with van der Waals surface area (Å²) < 4.78 is 0. The first kappa shape index (κ1) is 13.2. The number of hydrazine groups is 1. The summed E-state index contributed by atoms with van der Waals surface area (Å²) in [4.78, 5) is 12.0. The van der Waals surface area contributed by atoms with Gasteiger partial charge in [-0.2, -0.15) is 0 Å². The van der Waals surface area contributed by atoms with Gasteiger partial charge in [-0.15, -0.1) is 0 Å². The topological polar surface area (TPSA) is 46.3 Å². The number of hydrogen-bond acceptors (Lipinski definition) is 4. The average molecular weight is 248 g/mol. The van der Waals surface area contributed by atoms with Crippen molar-refractivity contribution < 1.29 is 4.79 Å². The van der Waals surface area contributed by atoms with Gasteiger partial charge in [0.25, 0.3) is 0 Å². The molecule has 5 heteroatoms. The number of carbonyl (C=O) groups excluding carboxylic acids is 1. The van der Waals surface area contributed by atoms with E-state index in [9.17, 15) is 4.79 Å². The number of carbonyl (C=O) groups is 1. The number of amides is 1. The minimum atomic E-state index is -0.240. The number of nitrogens with zero attached hydrogens (tertiary/aromatic N) is 1. The van der Waals surface area contributed by atoms with Crippen LogP contribution >= 0.6 is 21.6 Å². The molecule has 1 heterocycles. The molecule has 1 aliphatic heterocycles. The van der Waals surface area contributed by atoms with Crippen LogP contribution in [-0.4, -0.2) is 29.0 Å². The highest BCUT2D eigenvalue weighted by Crippen LogP contribution is 2.43. The van der Waals surface area contributed by atoms with E-state index in [2.05, 4.69) is 6.92 Å². The van der Waals surface area contributed by atoms with E-state index >= 15 is 0 Å². The number of nitrogens with two attached hydrogens (primary N) is 1. The van der Waals surface area contributed by atoms with Crippen LogP contribution in [0.4, 0.5) is 0 Å². The zero-order chi connectivity index (χ0) is 11.3. The van der Waals surface area contributed by atoms with E-state index < -0.39 is 0 Å². The van der Waals surface area contributed by atoms with Gasteiger partial charge in [-0.25, -0.2) is 5.84 Å². The molecule has 3 nitrogen and oxygen atoms in total. The van der Waals surface area contributed by atoms with Crippen LogP contribution in [0.15, 0.2) is 0 Å². The van der Waals surface area contributed by atoms with Crippen molar-refractivity contribution in [3.8, 4) is 0 Å². The maximum Gasteiger partial charge on any atom is 0.244 e. The van der Waals surface area contributed by atoms with Crippen LogP contribution in [0.5, 0.6) is 0 Å². The Kier molecular flexibility index (Phi) is 5.29. The van der Waals surface area contributed by atoms with Crippen molar-refractivity contribution in [2.24, 2.45) is 11.3 Å². The summed E-state index contributed by atoms with van der Waals surface area (Å²) in [6.07, 6.45) is 3.31. The fourth-order valence-corrected chi connectivity index (χ4v) is 4.82. The normalized spacial score (nSPS) is 19.1. The van der Waals surface area contributed by atoms with Crippen molar-refractivity contribution in [2.45, 2.75) is 33.1 Å². The molecule has 88 valence electrons. The van der Waals surface area contributed by atoms with Gasteiger partial charge in [0, 0.05) is 18.1 Å². The van der Waals surface area contributed by atoms with Gasteiger partial charge >= 0.3 is 0 Å². The molecule has 1 fully saturated rings. The van der Waals surface area contributed by atoms with Crippen LogP contribution in [0, 0.1) is 5.41 Å². The van der Waals surface area contributed by atoms with Gasteiger partial charge in [0.1, 0.15) is 0 Å². The lowest BCUT2D eigenvalue weighted by Gasteiger charge is -2.27. The van der Waals surface area contributed by atoms with E-state index in [0.717, 1.165) is 30.8 Å². The second-order valence-electron chi connectivity index (χ2n) is 4.29. The van der Waals surface area contributed by atoms with Gasteiger partial charge in [-0.1, -0.05) is 41.4 Å².